The van der Waals surface area contributed by atoms with Gasteiger partial charge in [-0.25, -0.2) is 13.1 Å². The monoisotopic (exact) mass is 366 g/mol. The van der Waals surface area contributed by atoms with Gasteiger partial charge in [-0.1, -0.05) is 29.8 Å². The van der Waals surface area contributed by atoms with Crippen LogP contribution >= 0.6 is 11.6 Å². The number of carbonyl (C=O) groups excluding carboxylic acids is 1. The lowest BCUT2D eigenvalue weighted by Gasteiger charge is -2.11. The fraction of sp³-hybridized carbons (Fsp3) is 0.235. The lowest BCUT2D eigenvalue weighted by atomic mass is 10.2. The van der Waals surface area contributed by atoms with E-state index in [2.05, 4.69) is 10.0 Å². The van der Waals surface area contributed by atoms with Crippen LogP contribution in [-0.4, -0.2) is 27.4 Å². The number of aryl methyl sites for hydroxylation is 2. The van der Waals surface area contributed by atoms with Crippen LogP contribution in [0.3, 0.4) is 0 Å². The first-order valence-electron chi connectivity index (χ1n) is 7.40. The molecule has 0 aliphatic carbocycles. The van der Waals surface area contributed by atoms with Gasteiger partial charge >= 0.3 is 0 Å². The Labute approximate surface area is 147 Å². The molecule has 0 bridgehead atoms. The van der Waals surface area contributed by atoms with Crippen LogP contribution in [-0.2, 0) is 10.0 Å². The van der Waals surface area contributed by atoms with E-state index in [1.807, 2.05) is 13.0 Å². The highest BCUT2D eigenvalue weighted by Crippen LogP contribution is 2.16. The number of hydrogen-bond acceptors (Lipinski definition) is 3. The van der Waals surface area contributed by atoms with E-state index < -0.39 is 10.0 Å². The summed E-state index contributed by atoms with van der Waals surface area (Å²) < 4.78 is 27.1. The molecule has 2 rings (SSSR count). The first-order valence-corrected chi connectivity index (χ1v) is 9.26. The first-order chi connectivity index (χ1) is 11.3. The van der Waals surface area contributed by atoms with Gasteiger partial charge in [0.25, 0.3) is 5.91 Å². The highest BCUT2D eigenvalue weighted by atomic mass is 35.5. The third-order valence-corrected chi connectivity index (χ3v) is 5.26. The zero-order valence-electron chi connectivity index (χ0n) is 13.5. The van der Waals surface area contributed by atoms with Gasteiger partial charge in [-0.05, 0) is 49.2 Å². The van der Waals surface area contributed by atoms with Crippen LogP contribution in [0.2, 0.25) is 5.02 Å². The minimum absolute atomic E-state index is 0.0992. The van der Waals surface area contributed by atoms with Gasteiger partial charge in [0.15, 0.2) is 0 Å². The SMILES string of the molecule is Cc1ccc(C)c(S(=O)(=O)NCCNC(=O)c2cccc(Cl)c2)c1. The summed E-state index contributed by atoms with van der Waals surface area (Å²) in [5, 5.41) is 3.12. The molecule has 0 aromatic heterocycles. The second-order valence-corrected chi connectivity index (χ2v) is 7.60. The number of hydrogen-bond donors (Lipinski definition) is 2. The van der Waals surface area contributed by atoms with Gasteiger partial charge in [0, 0.05) is 23.7 Å². The number of halogens is 1. The van der Waals surface area contributed by atoms with E-state index in [0.717, 1.165) is 5.56 Å². The van der Waals surface area contributed by atoms with E-state index in [9.17, 15) is 13.2 Å². The molecule has 2 aromatic rings. The smallest absolute Gasteiger partial charge is 0.251 e. The highest BCUT2D eigenvalue weighted by Gasteiger charge is 2.16. The van der Waals surface area contributed by atoms with Crippen molar-refractivity contribution in [3.05, 3.63) is 64.2 Å². The molecular weight excluding hydrogens is 348 g/mol. The van der Waals surface area contributed by atoms with Gasteiger partial charge in [-0.15, -0.1) is 0 Å². The van der Waals surface area contributed by atoms with Crippen molar-refractivity contribution in [3.8, 4) is 0 Å². The van der Waals surface area contributed by atoms with Crippen molar-refractivity contribution in [3.63, 3.8) is 0 Å². The van der Waals surface area contributed by atoms with Crippen molar-refractivity contribution in [2.75, 3.05) is 13.1 Å². The van der Waals surface area contributed by atoms with Crippen LogP contribution in [0.25, 0.3) is 0 Å². The van der Waals surface area contributed by atoms with E-state index in [1.165, 1.54) is 0 Å². The van der Waals surface area contributed by atoms with Gasteiger partial charge in [-0.2, -0.15) is 0 Å². The van der Waals surface area contributed by atoms with E-state index in [4.69, 9.17) is 11.6 Å². The zero-order valence-corrected chi connectivity index (χ0v) is 15.0. The number of sulfonamides is 1. The molecule has 0 radical (unpaired) electrons. The summed E-state index contributed by atoms with van der Waals surface area (Å²) in [4.78, 5) is 12.2. The van der Waals surface area contributed by atoms with Crippen molar-refractivity contribution >= 4 is 27.5 Å². The van der Waals surface area contributed by atoms with Crippen LogP contribution < -0.4 is 10.0 Å². The predicted molar refractivity (Wildman–Crippen MR) is 94.9 cm³/mol. The summed E-state index contributed by atoms with van der Waals surface area (Å²) in [5.41, 5.74) is 1.98. The largest absolute Gasteiger partial charge is 0.351 e. The molecule has 2 aromatic carbocycles. The number of rotatable bonds is 6. The molecule has 1 amide bonds. The maximum atomic E-state index is 12.3. The minimum atomic E-state index is -3.61. The standard InChI is InChI=1S/C17H19ClN2O3S/c1-12-6-7-13(2)16(10-12)24(22,23)20-9-8-19-17(21)14-4-3-5-15(18)11-14/h3-7,10-11,20H,8-9H2,1-2H3,(H,19,21). The summed E-state index contributed by atoms with van der Waals surface area (Å²) in [6.07, 6.45) is 0. The fourth-order valence-corrected chi connectivity index (χ4v) is 3.72. The molecule has 7 heteroatoms. The molecule has 0 atom stereocenters. The Morgan fingerprint density at radius 1 is 1.08 bits per heavy atom. The van der Waals surface area contributed by atoms with Gasteiger partial charge in [0.1, 0.15) is 0 Å². The average molecular weight is 367 g/mol. The molecule has 5 nitrogen and oxygen atoms in total. The van der Waals surface area contributed by atoms with Crippen molar-refractivity contribution < 1.29 is 13.2 Å². The van der Waals surface area contributed by atoms with Crippen LogP contribution in [0.1, 0.15) is 21.5 Å². The third-order valence-electron chi connectivity index (χ3n) is 3.42. The summed E-state index contributed by atoms with van der Waals surface area (Å²) in [6.45, 7) is 3.86. The van der Waals surface area contributed by atoms with Crippen molar-refractivity contribution in [2.24, 2.45) is 0 Å². The summed E-state index contributed by atoms with van der Waals surface area (Å²) >= 11 is 5.83. The lowest BCUT2D eigenvalue weighted by Crippen LogP contribution is -2.35. The maximum absolute atomic E-state index is 12.3. The molecule has 0 heterocycles. The quantitative estimate of drug-likeness (QED) is 0.772. The number of amides is 1. The molecule has 0 fully saturated rings. The third kappa shape index (κ3) is 4.80. The van der Waals surface area contributed by atoms with Gasteiger partial charge < -0.3 is 5.32 Å². The van der Waals surface area contributed by atoms with Crippen LogP contribution in [0.15, 0.2) is 47.4 Å². The molecule has 0 spiro atoms. The molecular formula is C17H19ClN2O3S. The van der Waals surface area contributed by atoms with Crippen LogP contribution in [0.4, 0.5) is 0 Å². The number of nitrogens with one attached hydrogen (secondary N) is 2. The number of benzene rings is 2. The lowest BCUT2D eigenvalue weighted by molar-refractivity contribution is 0.0954. The Morgan fingerprint density at radius 2 is 1.83 bits per heavy atom. The van der Waals surface area contributed by atoms with Crippen molar-refractivity contribution in [2.45, 2.75) is 18.7 Å². The normalized spacial score (nSPS) is 11.3. The molecule has 0 aliphatic rings. The summed E-state index contributed by atoms with van der Waals surface area (Å²) in [5.74, 6) is -0.302. The Bertz CT molecular complexity index is 851. The van der Waals surface area contributed by atoms with Crippen LogP contribution in [0, 0.1) is 13.8 Å². The van der Waals surface area contributed by atoms with Gasteiger partial charge in [0.2, 0.25) is 10.0 Å². The Morgan fingerprint density at radius 3 is 2.54 bits per heavy atom. The van der Waals surface area contributed by atoms with E-state index in [0.29, 0.717) is 16.1 Å². The second-order valence-electron chi connectivity index (χ2n) is 5.43. The van der Waals surface area contributed by atoms with Gasteiger partial charge in [-0.3, -0.25) is 4.79 Å². The minimum Gasteiger partial charge on any atom is -0.351 e. The molecule has 2 N–H and O–H groups in total. The average Bonchev–Trinajstić information content (AvgIpc) is 2.53. The Balaban J connectivity index is 1.92. The molecule has 0 saturated heterocycles. The Hall–Kier alpha value is -1.89. The zero-order chi connectivity index (χ0) is 17.7. The summed E-state index contributed by atoms with van der Waals surface area (Å²) in [6, 6.07) is 11.8. The van der Waals surface area contributed by atoms with E-state index in [1.54, 1.807) is 43.3 Å². The molecule has 128 valence electrons. The molecule has 0 aliphatic heterocycles. The van der Waals surface area contributed by atoms with Crippen LogP contribution in [0.5, 0.6) is 0 Å². The molecule has 0 saturated carbocycles. The second kappa shape index (κ2) is 7.79. The van der Waals surface area contributed by atoms with Gasteiger partial charge in [0.05, 0.1) is 4.90 Å². The predicted octanol–water partition coefficient (Wildman–Crippen LogP) is 2.67. The van der Waals surface area contributed by atoms with Crippen molar-refractivity contribution in [1.82, 2.24) is 10.0 Å². The maximum Gasteiger partial charge on any atom is 0.251 e. The number of carbonyl (C=O) groups is 1. The van der Waals surface area contributed by atoms with E-state index >= 15 is 0 Å². The topological polar surface area (TPSA) is 75.3 Å². The highest BCUT2D eigenvalue weighted by molar-refractivity contribution is 7.89. The van der Waals surface area contributed by atoms with Crippen molar-refractivity contribution in [1.29, 1.82) is 0 Å². The first kappa shape index (κ1) is 18.4. The fourth-order valence-electron chi connectivity index (χ4n) is 2.17. The molecule has 0 unspecified atom stereocenters. The van der Waals surface area contributed by atoms with E-state index in [-0.39, 0.29) is 23.9 Å². The summed E-state index contributed by atoms with van der Waals surface area (Å²) in [7, 11) is -3.61. The Kier molecular flexibility index (Phi) is 5.99. The molecule has 24 heavy (non-hydrogen) atoms.